The molecule has 1 unspecified atom stereocenters. The fraction of sp³-hybridized carbons (Fsp3) is 0.174. The van der Waals surface area contributed by atoms with Crippen molar-refractivity contribution in [1.82, 2.24) is 10.2 Å². The number of nitrogens with zero attached hydrogens (tertiary/aromatic N) is 1. The Morgan fingerprint density at radius 1 is 1.07 bits per heavy atom. The second kappa shape index (κ2) is 7.26. The molecule has 0 aliphatic carbocycles. The van der Waals surface area contributed by atoms with E-state index in [1.54, 1.807) is 26.0 Å². The molecule has 3 aromatic carbocycles. The number of benzene rings is 3. The third-order valence-electron chi connectivity index (χ3n) is 5.30. The first kappa shape index (κ1) is 19.6. The predicted octanol–water partition coefficient (Wildman–Crippen LogP) is 3.69. The van der Waals surface area contributed by atoms with E-state index in [4.69, 9.17) is 0 Å². The second-order valence-corrected chi connectivity index (χ2v) is 7.54. The molecule has 3 aromatic rings. The lowest BCUT2D eigenvalue weighted by molar-refractivity contribution is -0.133. The first-order chi connectivity index (χ1) is 14.3. The Balaban J connectivity index is 1.55. The van der Waals surface area contributed by atoms with E-state index >= 15 is 0 Å². The molecule has 7 heteroatoms. The maximum absolute atomic E-state index is 13.9. The summed E-state index contributed by atoms with van der Waals surface area (Å²) in [7, 11) is 0. The van der Waals surface area contributed by atoms with Crippen molar-refractivity contribution < 1.29 is 18.8 Å². The Morgan fingerprint density at radius 3 is 2.57 bits per heavy atom. The first-order valence-corrected chi connectivity index (χ1v) is 9.47. The third-order valence-corrected chi connectivity index (χ3v) is 5.30. The largest absolute Gasteiger partial charge is 0.325 e. The van der Waals surface area contributed by atoms with Crippen molar-refractivity contribution in [2.24, 2.45) is 0 Å². The van der Waals surface area contributed by atoms with Gasteiger partial charge in [-0.15, -0.1) is 0 Å². The highest BCUT2D eigenvalue weighted by Gasteiger charge is 2.49. The van der Waals surface area contributed by atoms with Crippen LogP contribution in [0.15, 0.2) is 60.7 Å². The van der Waals surface area contributed by atoms with Gasteiger partial charge in [-0.05, 0) is 53.9 Å². The summed E-state index contributed by atoms with van der Waals surface area (Å²) in [5.41, 5.74) is 0.0952. The highest BCUT2D eigenvalue weighted by atomic mass is 19.1. The van der Waals surface area contributed by atoms with Crippen molar-refractivity contribution in [1.29, 1.82) is 0 Å². The van der Waals surface area contributed by atoms with Gasteiger partial charge in [-0.1, -0.05) is 42.5 Å². The van der Waals surface area contributed by atoms with Crippen LogP contribution >= 0.6 is 0 Å². The molecule has 4 amide bonds. The Kier molecular flexibility index (Phi) is 4.73. The molecule has 2 N–H and O–H groups in total. The molecule has 1 saturated heterocycles. The van der Waals surface area contributed by atoms with Crippen LogP contribution in [0, 0.1) is 12.7 Å². The molecule has 30 heavy (non-hydrogen) atoms. The highest BCUT2D eigenvalue weighted by Crippen LogP contribution is 2.31. The molecule has 1 atom stereocenters. The van der Waals surface area contributed by atoms with E-state index < -0.39 is 35.7 Å². The number of carbonyl (C=O) groups excluding carboxylic acids is 3. The number of hydrogen-bond donors (Lipinski definition) is 2. The van der Waals surface area contributed by atoms with E-state index in [0.29, 0.717) is 5.56 Å². The number of anilines is 1. The van der Waals surface area contributed by atoms with Crippen LogP contribution in [-0.4, -0.2) is 29.3 Å². The summed E-state index contributed by atoms with van der Waals surface area (Å²) in [6.45, 7) is 2.86. The van der Waals surface area contributed by atoms with Crippen molar-refractivity contribution >= 4 is 34.3 Å². The van der Waals surface area contributed by atoms with Crippen molar-refractivity contribution in [3.63, 3.8) is 0 Å². The van der Waals surface area contributed by atoms with Crippen LogP contribution in [0.5, 0.6) is 0 Å². The Hall–Kier alpha value is -3.74. The Bertz CT molecular complexity index is 1190. The summed E-state index contributed by atoms with van der Waals surface area (Å²) in [5.74, 6) is -1.79. The monoisotopic (exact) mass is 405 g/mol. The summed E-state index contributed by atoms with van der Waals surface area (Å²) < 4.78 is 13.9. The van der Waals surface area contributed by atoms with Crippen LogP contribution in [0.4, 0.5) is 14.9 Å². The highest BCUT2D eigenvalue weighted by molar-refractivity contribution is 6.10. The molecular formula is C23H20FN3O3. The van der Waals surface area contributed by atoms with Gasteiger partial charge in [0.15, 0.2) is 0 Å². The van der Waals surface area contributed by atoms with Crippen LogP contribution in [-0.2, 0) is 15.1 Å². The molecular weight excluding hydrogens is 385 g/mol. The van der Waals surface area contributed by atoms with Gasteiger partial charge in [-0.25, -0.2) is 9.18 Å². The number of aryl methyl sites for hydroxylation is 1. The van der Waals surface area contributed by atoms with Crippen LogP contribution in [0.3, 0.4) is 0 Å². The Labute approximate surface area is 172 Å². The van der Waals surface area contributed by atoms with E-state index in [9.17, 15) is 18.8 Å². The SMILES string of the molecule is Cc1ccc(F)c(NC(=O)CN2C(=O)NC(C)(c3ccc4ccccc4c3)C2=O)c1. The van der Waals surface area contributed by atoms with E-state index in [0.717, 1.165) is 21.2 Å². The lowest BCUT2D eigenvalue weighted by atomic mass is 9.90. The summed E-state index contributed by atoms with van der Waals surface area (Å²) in [4.78, 5) is 38.8. The van der Waals surface area contributed by atoms with Crippen molar-refractivity contribution in [3.05, 3.63) is 77.6 Å². The van der Waals surface area contributed by atoms with E-state index in [1.807, 2.05) is 36.4 Å². The number of fused-ring (bicyclic) bond motifs is 1. The number of imide groups is 1. The predicted molar refractivity (Wildman–Crippen MR) is 111 cm³/mol. The van der Waals surface area contributed by atoms with Gasteiger partial charge in [0.2, 0.25) is 5.91 Å². The molecule has 1 aliphatic rings. The molecule has 0 aromatic heterocycles. The van der Waals surface area contributed by atoms with Gasteiger partial charge in [0, 0.05) is 0 Å². The summed E-state index contributed by atoms with van der Waals surface area (Å²) in [5, 5.41) is 7.05. The molecule has 0 spiro atoms. The summed E-state index contributed by atoms with van der Waals surface area (Å²) in [6, 6.07) is 16.8. The topological polar surface area (TPSA) is 78.5 Å². The number of rotatable bonds is 4. The quantitative estimate of drug-likeness (QED) is 0.650. The number of urea groups is 1. The van der Waals surface area contributed by atoms with Gasteiger partial charge < -0.3 is 10.6 Å². The Morgan fingerprint density at radius 2 is 1.80 bits per heavy atom. The number of nitrogens with one attached hydrogen (secondary N) is 2. The average Bonchev–Trinajstić information content (AvgIpc) is 2.94. The lowest BCUT2D eigenvalue weighted by Crippen LogP contribution is -2.42. The van der Waals surface area contributed by atoms with Crippen molar-refractivity contribution in [2.75, 3.05) is 11.9 Å². The molecule has 1 aliphatic heterocycles. The molecule has 0 bridgehead atoms. The zero-order chi connectivity index (χ0) is 21.5. The molecule has 0 radical (unpaired) electrons. The lowest BCUT2D eigenvalue weighted by Gasteiger charge is -2.22. The molecule has 1 fully saturated rings. The average molecular weight is 405 g/mol. The van der Waals surface area contributed by atoms with Gasteiger partial charge in [0.25, 0.3) is 5.91 Å². The van der Waals surface area contributed by atoms with Crippen LogP contribution in [0.2, 0.25) is 0 Å². The maximum Gasteiger partial charge on any atom is 0.325 e. The van der Waals surface area contributed by atoms with Gasteiger partial charge in [0.05, 0.1) is 5.69 Å². The van der Waals surface area contributed by atoms with Gasteiger partial charge in [-0.3, -0.25) is 14.5 Å². The fourth-order valence-electron chi connectivity index (χ4n) is 3.60. The zero-order valence-electron chi connectivity index (χ0n) is 16.5. The summed E-state index contributed by atoms with van der Waals surface area (Å²) >= 11 is 0. The van der Waals surface area contributed by atoms with Gasteiger partial charge in [-0.2, -0.15) is 0 Å². The minimum atomic E-state index is -1.30. The van der Waals surface area contributed by atoms with E-state index in [2.05, 4.69) is 10.6 Å². The van der Waals surface area contributed by atoms with Gasteiger partial charge >= 0.3 is 6.03 Å². The van der Waals surface area contributed by atoms with Crippen molar-refractivity contribution in [3.8, 4) is 0 Å². The van der Waals surface area contributed by atoms with Crippen LogP contribution in [0.1, 0.15) is 18.1 Å². The van der Waals surface area contributed by atoms with Crippen molar-refractivity contribution in [2.45, 2.75) is 19.4 Å². The fourth-order valence-corrected chi connectivity index (χ4v) is 3.60. The molecule has 152 valence electrons. The van der Waals surface area contributed by atoms with E-state index in [1.165, 1.54) is 12.1 Å². The molecule has 0 saturated carbocycles. The maximum atomic E-state index is 13.9. The number of halogens is 1. The number of hydrogen-bond acceptors (Lipinski definition) is 3. The molecule has 4 rings (SSSR count). The first-order valence-electron chi connectivity index (χ1n) is 9.47. The normalized spacial score (nSPS) is 18.6. The minimum Gasteiger partial charge on any atom is -0.322 e. The number of amides is 4. The van der Waals surface area contributed by atoms with E-state index in [-0.39, 0.29) is 5.69 Å². The second-order valence-electron chi connectivity index (χ2n) is 7.54. The summed E-state index contributed by atoms with van der Waals surface area (Å²) in [6.07, 6.45) is 0. The smallest absolute Gasteiger partial charge is 0.322 e. The standard InChI is InChI=1S/C23H20FN3O3/c1-14-7-10-18(24)19(11-14)25-20(28)13-27-21(29)23(2,26-22(27)30)17-9-8-15-5-3-4-6-16(15)12-17/h3-12H,13H2,1-2H3,(H,25,28)(H,26,30). The number of carbonyl (C=O) groups is 3. The minimum absolute atomic E-state index is 0.00402. The third kappa shape index (κ3) is 3.39. The van der Waals surface area contributed by atoms with Crippen LogP contribution < -0.4 is 10.6 Å². The van der Waals surface area contributed by atoms with Crippen LogP contribution in [0.25, 0.3) is 10.8 Å². The molecule has 6 nitrogen and oxygen atoms in total. The molecule has 1 heterocycles. The van der Waals surface area contributed by atoms with Gasteiger partial charge in [0.1, 0.15) is 17.9 Å². The zero-order valence-corrected chi connectivity index (χ0v) is 16.5.